The highest BCUT2D eigenvalue weighted by atomic mass is 19.2. The summed E-state index contributed by atoms with van der Waals surface area (Å²) in [7, 11) is 0. The molecular weight excluding hydrogens is 372 g/mol. The summed E-state index contributed by atoms with van der Waals surface area (Å²) >= 11 is 0. The Labute approximate surface area is 158 Å². The van der Waals surface area contributed by atoms with Gasteiger partial charge in [-0.1, -0.05) is 24.3 Å². The SMILES string of the molecule is C[C@@H](OC(=O)c1cc(O)c2ccccc2c1O)C(=O)Nc1ccc(F)c(F)c1. The normalized spacial score (nSPS) is 11.8. The minimum Gasteiger partial charge on any atom is -0.507 e. The van der Waals surface area contributed by atoms with E-state index in [9.17, 15) is 28.6 Å². The lowest BCUT2D eigenvalue weighted by atomic mass is 10.0. The van der Waals surface area contributed by atoms with Crippen LogP contribution in [-0.2, 0) is 9.53 Å². The van der Waals surface area contributed by atoms with Crippen LogP contribution in [-0.4, -0.2) is 28.2 Å². The van der Waals surface area contributed by atoms with Crippen LogP contribution in [0, 0.1) is 11.6 Å². The molecule has 8 heteroatoms. The van der Waals surface area contributed by atoms with Crippen molar-refractivity contribution in [3.8, 4) is 11.5 Å². The third kappa shape index (κ3) is 3.71. The second kappa shape index (κ2) is 7.51. The van der Waals surface area contributed by atoms with Crippen LogP contribution in [0.1, 0.15) is 17.3 Å². The number of carbonyl (C=O) groups is 2. The highest BCUT2D eigenvalue weighted by molar-refractivity contribution is 6.04. The van der Waals surface area contributed by atoms with Crippen molar-refractivity contribution in [3.05, 3.63) is 65.7 Å². The van der Waals surface area contributed by atoms with Crippen molar-refractivity contribution in [1.29, 1.82) is 0 Å². The average molecular weight is 387 g/mol. The molecule has 28 heavy (non-hydrogen) atoms. The van der Waals surface area contributed by atoms with Crippen molar-refractivity contribution in [2.45, 2.75) is 13.0 Å². The molecular formula is C20H15F2NO5. The molecule has 1 atom stereocenters. The Morgan fingerprint density at radius 1 is 1.00 bits per heavy atom. The van der Waals surface area contributed by atoms with Crippen molar-refractivity contribution < 1.29 is 33.3 Å². The Morgan fingerprint density at radius 2 is 1.68 bits per heavy atom. The van der Waals surface area contributed by atoms with Crippen molar-refractivity contribution in [3.63, 3.8) is 0 Å². The summed E-state index contributed by atoms with van der Waals surface area (Å²) in [5, 5.41) is 23.2. The van der Waals surface area contributed by atoms with E-state index in [1.807, 2.05) is 0 Å². The summed E-state index contributed by atoms with van der Waals surface area (Å²) in [5.74, 6) is -4.66. The zero-order valence-electron chi connectivity index (χ0n) is 14.6. The number of nitrogens with one attached hydrogen (secondary N) is 1. The highest BCUT2D eigenvalue weighted by Crippen LogP contribution is 2.35. The van der Waals surface area contributed by atoms with E-state index in [1.54, 1.807) is 18.2 Å². The lowest BCUT2D eigenvalue weighted by Crippen LogP contribution is -2.30. The predicted octanol–water partition coefficient (Wildman–Crippen LogP) is 3.71. The van der Waals surface area contributed by atoms with Crippen molar-refractivity contribution in [2.75, 3.05) is 5.32 Å². The maximum absolute atomic E-state index is 13.2. The van der Waals surface area contributed by atoms with Gasteiger partial charge in [0.2, 0.25) is 0 Å². The van der Waals surface area contributed by atoms with Gasteiger partial charge in [-0.2, -0.15) is 0 Å². The molecule has 0 heterocycles. The lowest BCUT2D eigenvalue weighted by Gasteiger charge is -2.15. The number of ether oxygens (including phenoxy) is 1. The van der Waals surface area contributed by atoms with E-state index in [2.05, 4.69) is 5.32 Å². The van der Waals surface area contributed by atoms with Gasteiger partial charge in [-0.25, -0.2) is 13.6 Å². The number of benzene rings is 3. The second-order valence-corrected chi connectivity index (χ2v) is 6.00. The van der Waals surface area contributed by atoms with E-state index < -0.39 is 35.4 Å². The fourth-order valence-electron chi connectivity index (χ4n) is 2.59. The number of phenols is 2. The molecule has 3 rings (SSSR count). The lowest BCUT2D eigenvalue weighted by molar-refractivity contribution is -0.123. The predicted molar refractivity (Wildman–Crippen MR) is 97.1 cm³/mol. The molecule has 0 aliphatic rings. The second-order valence-electron chi connectivity index (χ2n) is 6.00. The monoisotopic (exact) mass is 387 g/mol. The molecule has 0 fully saturated rings. The molecule has 0 unspecified atom stereocenters. The van der Waals surface area contributed by atoms with Crippen LogP contribution in [0.2, 0.25) is 0 Å². The molecule has 0 aromatic heterocycles. The highest BCUT2D eigenvalue weighted by Gasteiger charge is 2.23. The third-order valence-electron chi connectivity index (χ3n) is 4.05. The van der Waals surface area contributed by atoms with E-state index in [0.29, 0.717) is 5.39 Å². The van der Waals surface area contributed by atoms with Crippen LogP contribution in [0.25, 0.3) is 10.8 Å². The molecule has 144 valence electrons. The van der Waals surface area contributed by atoms with Gasteiger partial charge in [-0.3, -0.25) is 4.79 Å². The summed E-state index contributed by atoms with van der Waals surface area (Å²) in [6.45, 7) is 1.27. The van der Waals surface area contributed by atoms with Gasteiger partial charge in [-0.15, -0.1) is 0 Å². The Morgan fingerprint density at radius 3 is 2.36 bits per heavy atom. The first-order chi connectivity index (χ1) is 13.3. The molecule has 3 aromatic carbocycles. The topological polar surface area (TPSA) is 95.9 Å². The van der Waals surface area contributed by atoms with Gasteiger partial charge in [0, 0.05) is 22.5 Å². The van der Waals surface area contributed by atoms with E-state index in [0.717, 1.165) is 24.3 Å². The molecule has 0 radical (unpaired) electrons. The van der Waals surface area contributed by atoms with Crippen LogP contribution in [0.15, 0.2) is 48.5 Å². The molecule has 0 saturated heterocycles. The number of hydrogen-bond donors (Lipinski definition) is 3. The van der Waals surface area contributed by atoms with E-state index in [1.165, 1.54) is 13.0 Å². The molecule has 1 amide bonds. The maximum atomic E-state index is 13.2. The number of halogens is 2. The summed E-state index contributed by atoms with van der Waals surface area (Å²) in [5.41, 5.74) is -0.332. The number of anilines is 1. The van der Waals surface area contributed by atoms with Gasteiger partial charge < -0.3 is 20.3 Å². The maximum Gasteiger partial charge on any atom is 0.342 e. The zero-order chi connectivity index (χ0) is 20.4. The molecule has 6 nitrogen and oxygen atoms in total. The molecule has 3 N–H and O–H groups in total. The van der Waals surface area contributed by atoms with E-state index in [4.69, 9.17) is 4.74 Å². The van der Waals surface area contributed by atoms with Crippen LogP contribution in [0.4, 0.5) is 14.5 Å². The standard InChI is InChI=1S/C20H15F2NO5/c1-10(19(26)23-11-6-7-15(21)16(22)8-11)28-20(27)14-9-17(24)12-4-2-3-5-13(12)18(14)25/h2-10,24-25H,1H3,(H,23,26)/t10-/m1/s1. The van der Waals surface area contributed by atoms with Gasteiger partial charge in [0.25, 0.3) is 5.91 Å². The summed E-state index contributed by atoms with van der Waals surface area (Å²) in [6.07, 6.45) is -1.31. The molecule has 0 bridgehead atoms. The van der Waals surface area contributed by atoms with Gasteiger partial charge in [0.05, 0.1) is 0 Å². The number of hydrogen-bond acceptors (Lipinski definition) is 5. The van der Waals surface area contributed by atoms with Crippen LogP contribution < -0.4 is 5.32 Å². The minimum atomic E-state index is -1.31. The average Bonchev–Trinajstić information content (AvgIpc) is 2.67. The Kier molecular flexibility index (Phi) is 5.12. The smallest absolute Gasteiger partial charge is 0.342 e. The number of aromatic hydroxyl groups is 2. The number of rotatable bonds is 4. The largest absolute Gasteiger partial charge is 0.507 e. The number of esters is 1. The van der Waals surface area contributed by atoms with Crippen molar-refractivity contribution >= 4 is 28.3 Å². The zero-order valence-corrected chi connectivity index (χ0v) is 14.6. The van der Waals surface area contributed by atoms with E-state index >= 15 is 0 Å². The summed E-state index contributed by atoms with van der Waals surface area (Å²) in [4.78, 5) is 24.5. The number of carbonyl (C=O) groups excluding carboxylic acids is 2. The summed E-state index contributed by atoms with van der Waals surface area (Å²) in [6, 6.07) is 10.2. The quantitative estimate of drug-likeness (QED) is 0.469. The van der Waals surface area contributed by atoms with Gasteiger partial charge >= 0.3 is 5.97 Å². The first-order valence-corrected chi connectivity index (χ1v) is 8.18. The minimum absolute atomic E-state index is 0.0157. The van der Waals surface area contributed by atoms with Gasteiger partial charge in [-0.05, 0) is 25.1 Å². The molecule has 0 saturated carbocycles. The van der Waals surface area contributed by atoms with Crippen LogP contribution >= 0.6 is 0 Å². The number of fused-ring (bicyclic) bond motifs is 1. The Hall–Kier alpha value is -3.68. The fourth-order valence-corrected chi connectivity index (χ4v) is 2.59. The molecule has 0 aliphatic carbocycles. The summed E-state index contributed by atoms with van der Waals surface area (Å²) < 4.78 is 31.2. The van der Waals surface area contributed by atoms with Crippen molar-refractivity contribution in [1.82, 2.24) is 0 Å². The third-order valence-corrected chi connectivity index (χ3v) is 4.05. The van der Waals surface area contributed by atoms with Gasteiger partial charge in [0.1, 0.15) is 17.1 Å². The molecule has 3 aromatic rings. The fraction of sp³-hybridized carbons (Fsp3) is 0.100. The van der Waals surface area contributed by atoms with Crippen LogP contribution in [0.5, 0.6) is 11.5 Å². The Balaban J connectivity index is 1.76. The van der Waals surface area contributed by atoms with Crippen LogP contribution in [0.3, 0.4) is 0 Å². The first kappa shape index (κ1) is 19.1. The molecule has 0 spiro atoms. The number of amides is 1. The van der Waals surface area contributed by atoms with E-state index in [-0.39, 0.29) is 22.4 Å². The molecule has 0 aliphatic heterocycles. The number of phenolic OH excluding ortho intramolecular Hbond substituents is 2. The first-order valence-electron chi connectivity index (χ1n) is 8.18. The van der Waals surface area contributed by atoms with Crippen molar-refractivity contribution in [2.24, 2.45) is 0 Å². The Bertz CT molecular complexity index is 1080. The van der Waals surface area contributed by atoms with Gasteiger partial charge in [0.15, 0.2) is 17.7 Å².